The molecule has 1 atom stereocenters. The summed E-state index contributed by atoms with van der Waals surface area (Å²) in [5, 5.41) is 0. The third kappa shape index (κ3) is 3.31. The first kappa shape index (κ1) is 19.0. The summed E-state index contributed by atoms with van der Waals surface area (Å²) in [6, 6.07) is 23.7. The Morgan fingerprint density at radius 1 is 0.833 bits per heavy atom. The summed E-state index contributed by atoms with van der Waals surface area (Å²) in [6.45, 7) is 2.32. The van der Waals surface area contributed by atoms with E-state index in [0.29, 0.717) is 11.4 Å². The molecule has 0 N–H and O–H groups in total. The molecule has 5 nitrogen and oxygen atoms in total. The highest BCUT2D eigenvalue weighted by Crippen LogP contribution is 2.44. The van der Waals surface area contributed by atoms with Crippen molar-refractivity contribution in [2.75, 3.05) is 28.9 Å². The Hall–Kier alpha value is -2.99. The number of hydrogen-bond acceptors (Lipinski definition) is 4. The van der Waals surface area contributed by atoms with Crippen LogP contribution in [0.2, 0.25) is 0 Å². The van der Waals surface area contributed by atoms with Gasteiger partial charge in [0.25, 0.3) is 10.0 Å². The van der Waals surface area contributed by atoms with E-state index in [9.17, 15) is 8.42 Å². The van der Waals surface area contributed by atoms with Gasteiger partial charge in [0.1, 0.15) is 18.4 Å². The van der Waals surface area contributed by atoms with Crippen molar-refractivity contribution in [1.82, 2.24) is 0 Å². The topological polar surface area (TPSA) is 49.9 Å². The van der Waals surface area contributed by atoms with E-state index in [0.717, 1.165) is 24.3 Å². The van der Waals surface area contributed by atoms with Gasteiger partial charge in [-0.25, -0.2) is 8.42 Å². The van der Waals surface area contributed by atoms with Gasteiger partial charge in [-0.3, -0.25) is 4.31 Å². The predicted octanol–water partition coefficient (Wildman–Crippen LogP) is 4.62. The van der Waals surface area contributed by atoms with E-state index in [1.807, 2.05) is 54.6 Å². The zero-order valence-electron chi connectivity index (χ0n) is 16.6. The Labute approximate surface area is 177 Å². The van der Waals surface area contributed by atoms with E-state index in [1.165, 1.54) is 17.1 Å². The molecular weight excluding hydrogens is 396 g/mol. The number of ether oxygens (including phenoxy) is 1. The smallest absolute Gasteiger partial charge is 0.265 e. The van der Waals surface area contributed by atoms with Gasteiger partial charge in [0, 0.05) is 24.8 Å². The molecule has 5 rings (SSSR count). The van der Waals surface area contributed by atoms with Crippen LogP contribution in [0, 0.1) is 0 Å². The lowest BCUT2D eigenvalue weighted by Gasteiger charge is -2.38. The first-order valence-corrected chi connectivity index (χ1v) is 11.7. The number of fused-ring (bicyclic) bond motifs is 1. The maximum atomic E-state index is 13.7. The fraction of sp³-hybridized carbons (Fsp3) is 0.250. The molecule has 1 unspecified atom stereocenters. The van der Waals surface area contributed by atoms with Gasteiger partial charge in [-0.05, 0) is 42.7 Å². The van der Waals surface area contributed by atoms with Crippen LogP contribution < -0.4 is 13.9 Å². The zero-order chi connectivity index (χ0) is 20.6. The summed E-state index contributed by atoms with van der Waals surface area (Å²) in [4.78, 5) is 2.60. The van der Waals surface area contributed by atoms with Crippen LogP contribution >= 0.6 is 0 Å². The summed E-state index contributed by atoms with van der Waals surface area (Å²) >= 11 is 0. The van der Waals surface area contributed by atoms with Gasteiger partial charge >= 0.3 is 0 Å². The molecule has 3 aromatic carbocycles. The Morgan fingerprint density at radius 2 is 1.50 bits per heavy atom. The molecule has 0 aromatic heterocycles. The van der Waals surface area contributed by atoms with Crippen molar-refractivity contribution >= 4 is 21.4 Å². The van der Waals surface area contributed by atoms with E-state index in [-0.39, 0.29) is 11.5 Å². The van der Waals surface area contributed by atoms with Gasteiger partial charge in [-0.2, -0.15) is 0 Å². The lowest BCUT2D eigenvalue weighted by atomic mass is 10.1. The minimum Gasteiger partial charge on any atom is -0.489 e. The van der Waals surface area contributed by atoms with Crippen LogP contribution in [0.25, 0.3) is 0 Å². The van der Waals surface area contributed by atoms with Crippen LogP contribution in [-0.4, -0.2) is 28.1 Å². The number of benzene rings is 3. The molecule has 0 saturated carbocycles. The SMILES string of the molecule is O=S(=O)(c1ccccc1)N1c2ccc(N3CCCC3)cc2OCC1c1ccccc1. The van der Waals surface area contributed by atoms with Crippen LogP contribution in [0.5, 0.6) is 5.75 Å². The summed E-state index contributed by atoms with van der Waals surface area (Å²) in [5.41, 5.74) is 2.58. The molecule has 0 bridgehead atoms. The molecule has 154 valence electrons. The molecule has 3 aromatic rings. The Balaban J connectivity index is 1.63. The first-order chi connectivity index (χ1) is 14.6. The van der Waals surface area contributed by atoms with Crippen molar-refractivity contribution < 1.29 is 13.2 Å². The minimum absolute atomic E-state index is 0.270. The second-order valence-corrected chi connectivity index (χ2v) is 9.51. The summed E-state index contributed by atoms with van der Waals surface area (Å²) < 4.78 is 35.1. The molecule has 1 fully saturated rings. The third-order valence-electron chi connectivity index (χ3n) is 5.82. The zero-order valence-corrected chi connectivity index (χ0v) is 17.5. The predicted molar refractivity (Wildman–Crippen MR) is 119 cm³/mol. The van der Waals surface area contributed by atoms with Crippen molar-refractivity contribution in [1.29, 1.82) is 0 Å². The van der Waals surface area contributed by atoms with Gasteiger partial charge in [-0.1, -0.05) is 48.5 Å². The second-order valence-electron chi connectivity index (χ2n) is 7.70. The lowest BCUT2D eigenvalue weighted by molar-refractivity contribution is 0.275. The minimum atomic E-state index is -3.76. The van der Waals surface area contributed by atoms with Crippen LogP contribution in [0.1, 0.15) is 24.4 Å². The van der Waals surface area contributed by atoms with Gasteiger partial charge in [0.2, 0.25) is 0 Å². The summed E-state index contributed by atoms with van der Waals surface area (Å²) in [5.74, 6) is 0.617. The fourth-order valence-electron chi connectivity index (χ4n) is 4.29. The lowest BCUT2D eigenvalue weighted by Crippen LogP contribution is -2.41. The fourth-order valence-corrected chi connectivity index (χ4v) is 5.94. The number of nitrogens with zero attached hydrogens (tertiary/aromatic N) is 2. The highest BCUT2D eigenvalue weighted by atomic mass is 32.2. The summed E-state index contributed by atoms with van der Waals surface area (Å²) in [6.07, 6.45) is 2.37. The maximum Gasteiger partial charge on any atom is 0.265 e. The van der Waals surface area contributed by atoms with Crippen LogP contribution in [0.3, 0.4) is 0 Å². The molecule has 30 heavy (non-hydrogen) atoms. The van der Waals surface area contributed by atoms with Crippen molar-refractivity contribution in [3.05, 3.63) is 84.4 Å². The number of sulfonamides is 1. The van der Waals surface area contributed by atoms with Crippen LogP contribution in [-0.2, 0) is 10.0 Å². The number of anilines is 2. The highest BCUT2D eigenvalue weighted by Gasteiger charge is 2.38. The monoisotopic (exact) mass is 420 g/mol. The molecule has 0 radical (unpaired) electrons. The Morgan fingerprint density at radius 3 is 2.20 bits per heavy atom. The molecule has 2 aliphatic rings. The summed E-state index contributed by atoms with van der Waals surface area (Å²) in [7, 11) is -3.76. The van der Waals surface area contributed by atoms with E-state index in [4.69, 9.17) is 4.74 Å². The molecule has 6 heteroatoms. The Bertz CT molecular complexity index is 1130. The van der Waals surface area contributed by atoms with Crippen molar-refractivity contribution in [2.24, 2.45) is 0 Å². The molecule has 0 spiro atoms. The van der Waals surface area contributed by atoms with Crippen LogP contribution in [0.15, 0.2) is 83.8 Å². The number of hydrogen-bond donors (Lipinski definition) is 0. The van der Waals surface area contributed by atoms with E-state index >= 15 is 0 Å². The molecule has 1 saturated heterocycles. The standard InChI is InChI=1S/C24H24N2O3S/c27-30(28,21-11-5-2-6-12-21)26-22-14-13-20(25-15-7-8-16-25)17-24(22)29-18-23(26)19-9-3-1-4-10-19/h1-6,9-14,17,23H,7-8,15-16,18H2. The van der Waals surface area contributed by atoms with Crippen molar-refractivity contribution in [3.63, 3.8) is 0 Å². The van der Waals surface area contributed by atoms with Crippen molar-refractivity contribution in [2.45, 2.75) is 23.8 Å². The van der Waals surface area contributed by atoms with Gasteiger partial charge in [0.15, 0.2) is 0 Å². The van der Waals surface area contributed by atoms with Crippen LogP contribution in [0.4, 0.5) is 11.4 Å². The van der Waals surface area contributed by atoms with E-state index in [2.05, 4.69) is 4.90 Å². The van der Waals surface area contributed by atoms with Gasteiger partial charge < -0.3 is 9.64 Å². The largest absolute Gasteiger partial charge is 0.489 e. The molecule has 2 heterocycles. The second kappa shape index (κ2) is 7.69. The quantitative estimate of drug-likeness (QED) is 0.618. The molecule has 2 aliphatic heterocycles. The third-order valence-corrected chi connectivity index (χ3v) is 7.65. The molecule has 0 aliphatic carbocycles. The maximum absolute atomic E-state index is 13.7. The normalized spacial score (nSPS) is 18.7. The van der Waals surface area contributed by atoms with E-state index < -0.39 is 16.1 Å². The molecule has 0 amide bonds. The number of rotatable bonds is 4. The van der Waals surface area contributed by atoms with E-state index in [1.54, 1.807) is 24.3 Å². The van der Waals surface area contributed by atoms with Gasteiger partial charge in [-0.15, -0.1) is 0 Å². The molecular formula is C24H24N2O3S. The first-order valence-electron chi connectivity index (χ1n) is 10.3. The average molecular weight is 421 g/mol. The average Bonchev–Trinajstić information content (AvgIpc) is 3.34. The highest BCUT2D eigenvalue weighted by molar-refractivity contribution is 7.92. The Kier molecular flexibility index (Phi) is 4.87. The van der Waals surface area contributed by atoms with Crippen molar-refractivity contribution in [3.8, 4) is 5.75 Å². The van der Waals surface area contributed by atoms with Gasteiger partial charge in [0.05, 0.1) is 10.6 Å².